The molecule has 1 aliphatic rings. The molecule has 1 aliphatic heterocycles. The molecule has 1 heterocycles. The zero-order valence-electron chi connectivity index (χ0n) is 11.3. The van der Waals surface area contributed by atoms with E-state index in [1.165, 1.54) is 0 Å². The number of benzene rings is 1. The first-order chi connectivity index (χ1) is 9.26. The zero-order valence-corrected chi connectivity index (χ0v) is 11.3. The van der Waals surface area contributed by atoms with E-state index >= 15 is 0 Å². The molecule has 0 aliphatic carbocycles. The van der Waals surface area contributed by atoms with Crippen LogP contribution < -0.4 is 15.4 Å². The number of hydrogen-bond donors (Lipinski definition) is 2. The number of nitrogen functional groups attached to an aromatic ring is 1. The lowest BCUT2D eigenvalue weighted by Crippen LogP contribution is -2.37. The first kappa shape index (κ1) is 14.0. The number of methoxy groups -OCH3 is 1. The molecular weight excluding hydrogens is 244 g/mol. The second kappa shape index (κ2) is 6.63. The predicted molar refractivity (Wildman–Crippen MR) is 75.7 cm³/mol. The molecule has 1 aromatic carbocycles. The standard InChI is InChI=1S/C14H22N2O3/c1-18-13-4-2-3-12(14(13)15)16-7-5-11(6-8-16)19-10-9-17/h2-4,11,17H,5-10,15H2,1H3. The number of ether oxygens (including phenoxy) is 2. The van der Waals surface area contributed by atoms with Gasteiger partial charge in [0, 0.05) is 13.1 Å². The molecule has 0 atom stereocenters. The number of nitrogens with two attached hydrogens (primary N) is 1. The minimum absolute atomic E-state index is 0.0864. The number of aliphatic hydroxyl groups is 1. The van der Waals surface area contributed by atoms with Crippen LogP contribution in [0.4, 0.5) is 11.4 Å². The average Bonchev–Trinajstić information content (AvgIpc) is 2.46. The molecule has 106 valence electrons. The van der Waals surface area contributed by atoms with Gasteiger partial charge in [0.25, 0.3) is 0 Å². The first-order valence-corrected chi connectivity index (χ1v) is 6.66. The van der Waals surface area contributed by atoms with Gasteiger partial charge in [0.15, 0.2) is 0 Å². The third kappa shape index (κ3) is 3.30. The molecule has 0 bridgehead atoms. The van der Waals surface area contributed by atoms with E-state index < -0.39 is 0 Å². The summed E-state index contributed by atoms with van der Waals surface area (Å²) in [5.74, 6) is 0.719. The Bertz CT molecular complexity index is 404. The average molecular weight is 266 g/mol. The predicted octanol–water partition coefficient (Wildman–Crippen LogP) is 1.26. The molecule has 0 spiro atoms. The van der Waals surface area contributed by atoms with Crippen LogP contribution in [0.1, 0.15) is 12.8 Å². The van der Waals surface area contributed by atoms with Crippen LogP contribution in [0.2, 0.25) is 0 Å². The normalized spacial score (nSPS) is 16.6. The topological polar surface area (TPSA) is 68.0 Å². The van der Waals surface area contributed by atoms with E-state index in [-0.39, 0.29) is 12.7 Å². The quantitative estimate of drug-likeness (QED) is 0.785. The third-order valence-corrected chi connectivity index (χ3v) is 3.49. The van der Waals surface area contributed by atoms with Crippen molar-refractivity contribution < 1.29 is 14.6 Å². The van der Waals surface area contributed by atoms with E-state index in [0.717, 1.165) is 37.4 Å². The molecular formula is C14H22N2O3. The maximum absolute atomic E-state index is 8.76. The molecule has 5 nitrogen and oxygen atoms in total. The Balaban J connectivity index is 1.98. The van der Waals surface area contributed by atoms with Crippen molar-refractivity contribution in [3.63, 3.8) is 0 Å². The molecule has 0 unspecified atom stereocenters. The van der Waals surface area contributed by atoms with Crippen molar-refractivity contribution in [2.75, 3.05) is 44.0 Å². The Morgan fingerprint density at radius 3 is 2.74 bits per heavy atom. The lowest BCUT2D eigenvalue weighted by atomic mass is 10.1. The van der Waals surface area contributed by atoms with Crippen molar-refractivity contribution in [1.82, 2.24) is 0 Å². The van der Waals surface area contributed by atoms with Gasteiger partial charge in [-0.2, -0.15) is 0 Å². The van der Waals surface area contributed by atoms with Gasteiger partial charge in [-0.25, -0.2) is 0 Å². The number of anilines is 2. The highest BCUT2D eigenvalue weighted by atomic mass is 16.5. The van der Waals surface area contributed by atoms with Crippen molar-refractivity contribution >= 4 is 11.4 Å². The van der Waals surface area contributed by atoms with E-state index in [4.69, 9.17) is 20.3 Å². The maximum atomic E-state index is 8.76. The molecule has 0 saturated carbocycles. The van der Waals surface area contributed by atoms with Gasteiger partial charge in [-0.05, 0) is 25.0 Å². The second-order valence-corrected chi connectivity index (χ2v) is 4.67. The van der Waals surface area contributed by atoms with Gasteiger partial charge in [0.2, 0.25) is 0 Å². The summed E-state index contributed by atoms with van der Waals surface area (Å²) in [6.07, 6.45) is 2.16. The summed E-state index contributed by atoms with van der Waals surface area (Å²) in [5, 5.41) is 8.76. The van der Waals surface area contributed by atoms with Crippen LogP contribution in [0, 0.1) is 0 Å². The van der Waals surface area contributed by atoms with Crippen LogP contribution in [0.15, 0.2) is 18.2 Å². The number of piperidine rings is 1. The summed E-state index contributed by atoms with van der Waals surface area (Å²) in [5.41, 5.74) is 7.83. The van der Waals surface area contributed by atoms with Gasteiger partial charge in [-0.3, -0.25) is 0 Å². The summed E-state index contributed by atoms with van der Waals surface area (Å²) < 4.78 is 10.8. The van der Waals surface area contributed by atoms with Crippen molar-refractivity contribution in [2.24, 2.45) is 0 Å². The molecule has 0 amide bonds. The van der Waals surface area contributed by atoms with Crippen molar-refractivity contribution in [3.05, 3.63) is 18.2 Å². The summed E-state index contributed by atoms with van der Waals surface area (Å²) in [4.78, 5) is 2.26. The van der Waals surface area contributed by atoms with Crippen molar-refractivity contribution in [2.45, 2.75) is 18.9 Å². The molecule has 1 aromatic rings. The molecule has 19 heavy (non-hydrogen) atoms. The Labute approximate surface area is 113 Å². The fourth-order valence-corrected chi connectivity index (χ4v) is 2.47. The largest absolute Gasteiger partial charge is 0.495 e. The molecule has 1 fully saturated rings. The van der Waals surface area contributed by atoms with Gasteiger partial charge in [-0.1, -0.05) is 6.07 Å². The van der Waals surface area contributed by atoms with E-state index in [0.29, 0.717) is 12.3 Å². The maximum Gasteiger partial charge on any atom is 0.143 e. The summed E-state index contributed by atoms with van der Waals surface area (Å²) in [6, 6.07) is 5.85. The van der Waals surface area contributed by atoms with Crippen molar-refractivity contribution in [3.8, 4) is 5.75 Å². The fourth-order valence-electron chi connectivity index (χ4n) is 2.47. The van der Waals surface area contributed by atoms with Crippen LogP contribution >= 0.6 is 0 Å². The summed E-state index contributed by atoms with van der Waals surface area (Å²) in [7, 11) is 1.63. The van der Waals surface area contributed by atoms with Crippen LogP contribution in [-0.4, -0.2) is 44.6 Å². The minimum Gasteiger partial charge on any atom is -0.495 e. The van der Waals surface area contributed by atoms with E-state index in [9.17, 15) is 0 Å². The van der Waals surface area contributed by atoms with Crippen molar-refractivity contribution in [1.29, 1.82) is 0 Å². The van der Waals surface area contributed by atoms with E-state index in [2.05, 4.69) is 4.90 Å². The minimum atomic E-state index is 0.0864. The van der Waals surface area contributed by atoms with Crippen LogP contribution in [-0.2, 0) is 4.74 Å². The number of para-hydroxylation sites is 1. The number of rotatable bonds is 5. The molecule has 2 rings (SSSR count). The smallest absolute Gasteiger partial charge is 0.143 e. The fraction of sp³-hybridized carbons (Fsp3) is 0.571. The van der Waals surface area contributed by atoms with E-state index in [1.54, 1.807) is 7.11 Å². The number of hydrogen-bond acceptors (Lipinski definition) is 5. The Morgan fingerprint density at radius 1 is 1.37 bits per heavy atom. The summed E-state index contributed by atoms with van der Waals surface area (Å²) in [6.45, 7) is 2.33. The Kier molecular flexibility index (Phi) is 4.87. The van der Waals surface area contributed by atoms with E-state index in [1.807, 2.05) is 18.2 Å². The Morgan fingerprint density at radius 2 is 2.11 bits per heavy atom. The third-order valence-electron chi connectivity index (χ3n) is 3.49. The lowest BCUT2D eigenvalue weighted by molar-refractivity contribution is 0.0159. The molecule has 1 saturated heterocycles. The highest BCUT2D eigenvalue weighted by Gasteiger charge is 2.21. The van der Waals surface area contributed by atoms with Gasteiger partial charge in [0.05, 0.1) is 37.8 Å². The second-order valence-electron chi connectivity index (χ2n) is 4.67. The Hall–Kier alpha value is -1.46. The highest BCUT2D eigenvalue weighted by Crippen LogP contribution is 2.33. The first-order valence-electron chi connectivity index (χ1n) is 6.66. The summed E-state index contributed by atoms with van der Waals surface area (Å²) >= 11 is 0. The molecule has 0 radical (unpaired) electrons. The van der Waals surface area contributed by atoms with Crippen LogP contribution in [0.25, 0.3) is 0 Å². The molecule has 5 heteroatoms. The van der Waals surface area contributed by atoms with Crippen LogP contribution in [0.3, 0.4) is 0 Å². The van der Waals surface area contributed by atoms with Gasteiger partial charge >= 0.3 is 0 Å². The zero-order chi connectivity index (χ0) is 13.7. The number of aliphatic hydroxyl groups excluding tert-OH is 1. The number of nitrogens with zero attached hydrogens (tertiary/aromatic N) is 1. The molecule has 0 aromatic heterocycles. The van der Waals surface area contributed by atoms with Gasteiger partial charge in [0.1, 0.15) is 5.75 Å². The lowest BCUT2D eigenvalue weighted by Gasteiger charge is -2.34. The van der Waals surface area contributed by atoms with Gasteiger partial charge in [-0.15, -0.1) is 0 Å². The highest BCUT2D eigenvalue weighted by molar-refractivity contribution is 5.74. The van der Waals surface area contributed by atoms with Gasteiger partial charge < -0.3 is 25.2 Å². The SMILES string of the molecule is COc1cccc(N2CCC(OCCO)CC2)c1N. The molecule has 3 N–H and O–H groups in total. The monoisotopic (exact) mass is 266 g/mol. The van der Waals surface area contributed by atoms with Crippen LogP contribution in [0.5, 0.6) is 5.75 Å².